The summed E-state index contributed by atoms with van der Waals surface area (Å²) in [4.78, 5) is 22.3. The minimum absolute atomic E-state index is 0.00618. The Morgan fingerprint density at radius 2 is 1.83 bits per heavy atom. The topological polar surface area (TPSA) is 129 Å². The first kappa shape index (κ1) is 32.6. The summed E-state index contributed by atoms with van der Waals surface area (Å²) in [7, 11) is 0. The normalized spacial score (nSPS) is 17.0. The molecule has 1 amide bonds. The first-order valence-electron chi connectivity index (χ1n) is 14.5. The Bertz CT molecular complexity index is 1760. The van der Waals surface area contributed by atoms with Gasteiger partial charge in [-0.1, -0.05) is 57.4 Å². The van der Waals surface area contributed by atoms with Gasteiger partial charge in [-0.15, -0.1) is 0 Å². The summed E-state index contributed by atoms with van der Waals surface area (Å²) in [5.41, 5.74) is 9.99. The van der Waals surface area contributed by atoms with Crippen LogP contribution in [0.3, 0.4) is 0 Å². The van der Waals surface area contributed by atoms with E-state index in [1.54, 1.807) is 48.5 Å². The lowest BCUT2D eigenvalue weighted by atomic mass is 9.80. The van der Waals surface area contributed by atoms with Gasteiger partial charge in [0.15, 0.2) is 11.6 Å². The molecule has 0 spiro atoms. The fourth-order valence-corrected chi connectivity index (χ4v) is 5.49. The standard InChI is InChI=1S/C34H30BrF2N5O4/c35-26-10-6-22(7-11-26)19-34(33(44)39-20-25-18-27(36)12-15-30(25)37)31(29-5-2-1-4-24(29)21-40-42-38)46-32(41-34)23-8-13-28(14-9-23)45-17-3-16-43/h1-2,4-15,18,31,43H,3,16-17,19-21H2,(H,39,44)/t31-,34-/m1/s1. The van der Waals surface area contributed by atoms with Gasteiger partial charge in [-0.2, -0.15) is 0 Å². The van der Waals surface area contributed by atoms with Crippen LogP contribution in [0.5, 0.6) is 5.75 Å². The summed E-state index contributed by atoms with van der Waals surface area (Å²) in [5.74, 6) is -1.08. The predicted molar refractivity (Wildman–Crippen MR) is 172 cm³/mol. The molecular weight excluding hydrogens is 660 g/mol. The number of aliphatic imine (C=N–C) groups is 1. The van der Waals surface area contributed by atoms with E-state index in [1.807, 2.05) is 24.3 Å². The second-order valence-corrected chi connectivity index (χ2v) is 11.5. The van der Waals surface area contributed by atoms with E-state index in [2.05, 4.69) is 31.3 Å². The molecule has 0 fully saturated rings. The highest BCUT2D eigenvalue weighted by Crippen LogP contribution is 2.44. The second-order valence-electron chi connectivity index (χ2n) is 10.6. The van der Waals surface area contributed by atoms with Crippen LogP contribution in [0.25, 0.3) is 10.4 Å². The van der Waals surface area contributed by atoms with E-state index in [0.29, 0.717) is 35.5 Å². The van der Waals surface area contributed by atoms with Crippen LogP contribution in [0, 0.1) is 11.6 Å². The second kappa shape index (κ2) is 15.0. The molecule has 46 heavy (non-hydrogen) atoms. The lowest BCUT2D eigenvalue weighted by Gasteiger charge is -2.32. The quantitative estimate of drug-likeness (QED) is 0.0671. The van der Waals surface area contributed by atoms with Crippen molar-refractivity contribution in [2.24, 2.45) is 10.1 Å². The van der Waals surface area contributed by atoms with E-state index in [9.17, 15) is 13.6 Å². The zero-order valence-electron chi connectivity index (χ0n) is 24.6. The monoisotopic (exact) mass is 689 g/mol. The first-order valence-corrected chi connectivity index (χ1v) is 15.3. The summed E-state index contributed by atoms with van der Waals surface area (Å²) in [6, 6.07) is 24.6. The lowest BCUT2D eigenvalue weighted by molar-refractivity contribution is -0.129. The summed E-state index contributed by atoms with van der Waals surface area (Å²) < 4.78 is 41.6. The van der Waals surface area contributed by atoms with Crippen molar-refractivity contribution in [2.75, 3.05) is 13.2 Å². The molecular formula is C34H30BrF2N5O4. The molecule has 4 aromatic carbocycles. The molecule has 0 aliphatic carbocycles. The number of amides is 1. The van der Waals surface area contributed by atoms with Gasteiger partial charge >= 0.3 is 0 Å². The Hall–Kier alpha value is -4.77. The van der Waals surface area contributed by atoms with E-state index in [0.717, 1.165) is 28.2 Å². The molecule has 2 atom stereocenters. The lowest BCUT2D eigenvalue weighted by Crippen LogP contribution is -2.50. The third kappa shape index (κ3) is 7.54. The number of carbonyl (C=O) groups excluding carboxylic acids is 1. The molecule has 1 heterocycles. The maximum Gasteiger partial charge on any atom is 0.252 e. The van der Waals surface area contributed by atoms with Crippen molar-refractivity contribution in [1.82, 2.24) is 5.32 Å². The van der Waals surface area contributed by atoms with E-state index in [1.165, 1.54) is 0 Å². The molecule has 0 saturated heterocycles. The average Bonchev–Trinajstić information content (AvgIpc) is 3.45. The van der Waals surface area contributed by atoms with Crippen LogP contribution in [0.4, 0.5) is 8.78 Å². The molecule has 0 radical (unpaired) electrons. The molecule has 0 saturated carbocycles. The third-order valence-corrected chi connectivity index (χ3v) is 8.03. The molecule has 0 aromatic heterocycles. The van der Waals surface area contributed by atoms with E-state index in [4.69, 9.17) is 25.1 Å². The van der Waals surface area contributed by atoms with Gasteiger partial charge in [-0.25, -0.2) is 13.8 Å². The van der Waals surface area contributed by atoms with E-state index in [-0.39, 0.29) is 37.6 Å². The Labute approximate surface area is 272 Å². The van der Waals surface area contributed by atoms with Crippen LogP contribution in [0.2, 0.25) is 0 Å². The number of rotatable bonds is 13. The van der Waals surface area contributed by atoms with Crippen LogP contribution in [-0.4, -0.2) is 35.7 Å². The van der Waals surface area contributed by atoms with E-state index >= 15 is 0 Å². The van der Waals surface area contributed by atoms with Crippen molar-refractivity contribution in [3.05, 3.63) is 145 Å². The van der Waals surface area contributed by atoms with Crippen LogP contribution in [0.15, 0.2) is 106 Å². The van der Waals surface area contributed by atoms with Gasteiger partial charge in [0.25, 0.3) is 5.91 Å². The Kier molecular flexibility index (Phi) is 10.6. The molecule has 5 rings (SSSR count). The van der Waals surface area contributed by atoms with Crippen LogP contribution < -0.4 is 10.1 Å². The number of azide groups is 1. The zero-order valence-corrected chi connectivity index (χ0v) is 26.2. The highest BCUT2D eigenvalue weighted by Gasteiger charge is 2.53. The predicted octanol–water partition coefficient (Wildman–Crippen LogP) is 7.11. The molecule has 4 aromatic rings. The number of halogens is 3. The van der Waals surface area contributed by atoms with Crippen LogP contribution >= 0.6 is 15.9 Å². The number of hydrogen-bond acceptors (Lipinski definition) is 6. The van der Waals surface area contributed by atoms with Crippen molar-refractivity contribution in [1.29, 1.82) is 0 Å². The summed E-state index contributed by atoms with van der Waals surface area (Å²) >= 11 is 3.45. The number of nitrogens with zero attached hydrogens (tertiary/aromatic N) is 4. The summed E-state index contributed by atoms with van der Waals surface area (Å²) in [5, 5.41) is 15.6. The van der Waals surface area contributed by atoms with Gasteiger partial charge in [0.1, 0.15) is 17.4 Å². The molecule has 1 aliphatic rings. The molecule has 2 N–H and O–H groups in total. The minimum Gasteiger partial charge on any atom is -0.494 e. The van der Waals surface area contributed by atoms with Gasteiger partial charge in [0, 0.05) is 46.5 Å². The fraction of sp³-hybridized carbons (Fsp3) is 0.235. The van der Waals surface area contributed by atoms with E-state index < -0.39 is 29.2 Å². The van der Waals surface area contributed by atoms with Crippen molar-refractivity contribution >= 4 is 27.7 Å². The highest BCUT2D eigenvalue weighted by atomic mass is 79.9. The maximum atomic E-state index is 14.6. The van der Waals surface area contributed by atoms with Crippen molar-refractivity contribution in [2.45, 2.75) is 37.6 Å². The largest absolute Gasteiger partial charge is 0.494 e. The van der Waals surface area contributed by atoms with Crippen LogP contribution in [-0.2, 0) is 29.0 Å². The number of benzene rings is 4. The molecule has 0 bridgehead atoms. The molecule has 12 heteroatoms. The Morgan fingerprint density at radius 1 is 1.07 bits per heavy atom. The van der Waals surface area contributed by atoms with Crippen LogP contribution in [0.1, 0.15) is 40.3 Å². The maximum absolute atomic E-state index is 14.6. The van der Waals surface area contributed by atoms with Crippen molar-refractivity contribution in [3.8, 4) is 5.75 Å². The molecule has 1 aliphatic heterocycles. The number of hydrogen-bond donors (Lipinski definition) is 2. The number of aliphatic hydroxyl groups excluding tert-OH is 1. The number of nitrogens with one attached hydrogen (secondary N) is 1. The summed E-state index contributed by atoms with van der Waals surface area (Å²) in [6.07, 6.45) is -0.416. The first-order chi connectivity index (χ1) is 22.3. The molecule has 9 nitrogen and oxygen atoms in total. The minimum atomic E-state index is -1.62. The van der Waals surface area contributed by atoms with Gasteiger partial charge in [-0.05, 0) is 76.8 Å². The summed E-state index contributed by atoms with van der Waals surface area (Å²) in [6.45, 7) is 0.0773. The molecule has 0 unspecified atom stereocenters. The van der Waals surface area contributed by atoms with Gasteiger partial charge in [0.2, 0.25) is 5.90 Å². The number of carbonyl (C=O) groups is 1. The third-order valence-electron chi connectivity index (χ3n) is 7.51. The highest BCUT2D eigenvalue weighted by molar-refractivity contribution is 9.10. The number of ether oxygens (including phenoxy) is 2. The molecule has 236 valence electrons. The van der Waals surface area contributed by atoms with Crippen molar-refractivity contribution in [3.63, 3.8) is 0 Å². The Balaban J connectivity index is 1.61. The fourth-order valence-electron chi connectivity index (χ4n) is 5.22. The van der Waals surface area contributed by atoms with Gasteiger partial charge < -0.3 is 19.9 Å². The van der Waals surface area contributed by atoms with Crippen molar-refractivity contribution < 1.29 is 28.2 Å². The number of aliphatic hydroxyl groups is 1. The Morgan fingerprint density at radius 3 is 2.57 bits per heavy atom. The van der Waals surface area contributed by atoms with Gasteiger partial charge in [0.05, 0.1) is 13.2 Å². The zero-order chi connectivity index (χ0) is 32.5. The average molecular weight is 691 g/mol. The smallest absolute Gasteiger partial charge is 0.252 e. The SMILES string of the molecule is [N-]=[N+]=NCc1ccccc1[C@H]1OC(c2ccc(OCCCO)cc2)=N[C@@]1(Cc1ccc(Br)cc1)C(=O)NCc1cc(F)ccc1F. The van der Waals surface area contributed by atoms with Gasteiger partial charge in [-0.3, -0.25) is 4.79 Å².